The zero-order chi connectivity index (χ0) is 7.56. The molecule has 0 spiro atoms. The van der Waals surface area contributed by atoms with Gasteiger partial charge in [-0.1, -0.05) is 0 Å². The van der Waals surface area contributed by atoms with Crippen LogP contribution in [0.5, 0.6) is 0 Å². The molecule has 54 valence electrons. The van der Waals surface area contributed by atoms with E-state index in [1.165, 1.54) is 6.92 Å². The molecule has 1 rings (SSSR count). The number of oxazole rings is 1. The highest BCUT2D eigenvalue weighted by atomic mass is 16.4. The fourth-order valence-electron chi connectivity index (χ4n) is 0.696. The van der Waals surface area contributed by atoms with Crippen LogP contribution >= 0.6 is 0 Å². The zero-order valence-electron chi connectivity index (χ0n) is 6.05. The standard InChI is InChI=1S/C7H9NO2/c1-5(9)3-7-8-4-6(2)10-7/h4H,3H2,1-2H3. The van der Waals surface area contributed by atoms with E-state index in [1.54, 1.807) is 13.1 Å². The van der Waals surface area contributed by atoms with Crippen molar-refractivity contribution in [2.75, 3.05) is 0 Å². The largest absolute Gasteiger partial charge is 0.446 e. The molecule has 0 amide bonds. The molecule has 0 aliphatic rings. The normalized spacial score (nSPS) is 9.80. The number of nitrogens with zero attached hydrogens (tertiary/aromatic N) is 1. The van der Waals surface area contributed by atoms with Gasteiger partial charge in [-0.2, -0.15) is 0 Å². The molecule has 3 nitrogen and oxygen atoms in total. The Kier molecular flexibility index (Phi) is 1.85. The third kappa shape index (κ3) is 1.69. The van der Waals surface area contributed by atoms with Crippen molar-refractivity contribution in [3.63, 3.8) is 0 Å². The van der Waals surface area contributed by atoms with Crippen molar-refractivity contribution in [3.8, 4) is 0 Å². The minimum Gasteiger partial charge on any atom is -0.446 e. The monoisotopic (exact) mass is 139 g/mol. The highest BCUT2D eigenvalue weighted by molar-refractivity contribution is 5.77. The summed E-state index contributed by atoms with van der Waals surface area (Å²) in [7, 11) is 0. The van der Waals surface area contributed by atoms with Gasteiger partial charge in [0.05, 0.1) is 12.6 Å². The van der Waals surface area contributed by atoms with Gasteiger partial charge in [-0.05, 0) is 13.8 Å². The third-order valence-corrected chi connectivity index (χ3v) is 1.07. The van der Waals surface area contributed by atoms with Crippen LogP contribution in [-0.2, 0) is 11.2 Å². The van der Waals surface area contributed by atoms with Gasteiger partial charge in [-0.25, -0.2) is 4.98 Å². The molecule has 0 fully saturated rings. The van der Waals surface area contributed by atoms with Crippen molar-refractivity contribution in [2.45, 2.75) is 20.3 Å². The maximum absolute atomic E-state index is 10.5. The van der Waals surface area contributed by atoms with Crippen LogP contribution in [0.25, 0.3) is 0 Å². The molecule has 0 radical (unpaired) electrons. The van der Waals surface area contributed by atoms with Crippen LogP contribution in [0.2, 0.25) is 0 Å². The molecule has 0 saturated heterocycles. The molecule has 0 aromatic carbocycles. The van der Waals surface area contributed by atoms with Gasteiger partial charge in [0.25, 0.3) is 0 Å². The fourth-order valence-corrected chi connectivity index (χ4v) is 0.696. The summed E-state index contributed by atoms with van der Waals surface area (Å²) in [6.07, 6.45) is 1.91. The average Bonchev–Trinajstić information content (AvgIpc) is 2.13. The van der Waals surface area contributed by atoms with Crippen LogP contribution in [-0.4, -0.2) is 10.8 Å². The second kappa shape index (κ2) is 2.64. The highest BCUT2D eigenvalue weighted by Gasteiger charge is 2.02. The molecule has 3 heteroatoms. The number of Topliss-reactive ketones (excluding diaryl/α,β-unsaturated/α-hetero) is 1. The molecule has 0 N–H and O–H groups in total. The van der Waals surface area contributed by atoms with E-state index < -0.39 is 0 Å². The summed E-state index contributed by atoms with van der Waals surface area (Å²) in [5.41, 5.74) is 0. The van der Waals surface area contributed by atoms with Crippen molar-refractivity contribution < 1.29 is 9.21 Å². The second-order valence-electron chi connectivity index (χ2n) is 2.24. The van der Waals surface area contributed by atoms with Crippen molar-refractivity contribution in [1.82, 2.24) is 4.98 Å². The van der Waals surface area contributed by atoms with Gasteiger partial charge < -0.3 is 4.42 Å². The van der Waals surface area contributed by atoms with Crippen LogP contribution in [0, 0.1) is 6.92 Å². The molecule has 0 aliphatic heterocycles. The first-order valence-electron chi connectivity index (χ1n) is 3.09. The van der Waals surface area contributed by atoms with E-state index >= 15 is 0 Å². The van der Waals surface area contributed by atoms with Crippen LogP contribution in [0.15, 0.2) is 10.6 Å². The van der Waals surface area contributed by atoms with Gasteiger partial charge in [-0.3, -0.25) is 4.79 Å². The summed E-state index contributed by atoms with van der Waals surface area (Å²) >= 11 is 0. The Morgan fingerprint density at radius 3 is 2.90 bits per heavy atom. The fraction of sp³-hybridized carbons (Fsp3) is 0.429. The molecule has 0 bridgehead atoms. The number of hydrogen-bond donors (Lipinski definition) is 0. The Bertz CT molecular complexity index is 240. The van der Waals surface area contributed by atoms with Gasteiger partial charge in [0.1, 0.15) is 11.5 Å². The quantitative estimate of drug-likeness (QED) is 0.616. The van der Waals surface area contributed by atoms with Gasteiger partial charge >= 0.3 is 0 Å². The van der Waals surface area contributed by atoms with Crippen LogP contribution in [0.4, 0.5) is 0 Å². The minimum absolute atomic E-state index is 0.0712. The number of aromatic nitrogens is 1. The molecule has 0 unspecified atom stereocenters. The van der Waals surface area contributed by atoms with Crippen LogP contribution in [0.3, 0.4) is 0 Å². The summed E-state index contributed by atoms with van der Waals surface area (Å²) < 4.78 is 5.06. The highest BCUT2D eigenvalue weighted by Crippen LogP contribution is 2.01. The first kappa shape index (κ1) is 6.99. The molecule has 1 heterocycles. The van der Waals surface area contributed by atoms with Crippen LogP contribution in [0.1, 0.15) is 18.6 Å². The lowest BCUT2D eigenvalue weighted by Gasteiger charge is -1.86. The van der Waals surface area contributed by atoms with E-state index in [-0.39, 0.29) is 5.78 Å². The number of rotatable bonds is 2. The van der Waals surface area contributed by atoms with Crippen molar-refractivity contribution in [2.24, 2.45) is 0 Å². The summed E-state index contributed by atoms with van der Waals surface area (Å²) in [6.45, 7) is 3.32. The van der Waals surface area contributed by atoms with Gasteiger partial charge in [0.15, 0.2) is 0 Å². The number of aryl methyl sites for hydroxylation is 1. The molecule has 1 aromatic rings. The Balaban J connectivity index is 2.67. The second-order valence-corrected chi connectivity index (χ2v) is 2.24. The lowest BCUT2D eigenvalue weighted by atomic mass is 10.3. The molecule has 0 atom stereocenters. The van der Waals surface area contributed by atoms with E-state index in [9.17, 15) is 4.79 Å². The van der Waals surface area contributed by atoms with Crippen LogP contribution < -0.4 is 0 Å². The molecule has 0 saturated carbocycles. The minimum atomic E-state index is 0.0712. The third-order valence-electron chi connectivity index (χ3n) is 1.07. The number of ketones is 1. The van der Waals surface area contributed by atoms with E-state index in [1.807, 2.05) is 0 Å². The predicted molar refractivity (Wildman–Crippen MR) is 35.6 cm³/mol. The van der Waals surface area contributed by atoms with Crippen molar-refractivity contribution in [3.05, 3.63) is 17.8 Å². The average molecular weight is 139 g/mol. The van der Waals surface area contributed by atoms with E-state index in [4.69, 9.17) is 4.42 Å². The molecule has 10 heavy (non-hydrogen) atoms. The lowest BCUT2D eigenvalue weighted by molar-refractivity contribution is -0.116. The number of hydrogen-bond acceptors (Lipinski definition) is 3. The summed E-state index contributed by atoms with van der Waals surface area (Å²) in [4.78, 5) is 14.4. The molecule has 1 aromatic heterocycles. The summed E-state index contributed by atoms with van der Waals surface area (Å²) in [6, 6.07) is 0. The van der Waals surface area contributed by atoms with Gasteiger partial charge in [-0.15, -0.1) is 0 Å². The molecular formula is C7H9NO2. The Morgan fingerprint density at radius 1 is 1.80 bits per heavy atom. The number of carbonyl (C=O) groups excluding carboxylic acids is 1. The number of carbonyl (C=O) groups is 1. The van der Waals surface area contributed by atoms with Crippen molar-refractivity contribution >= 4 is 5.78 Å². The Hall–Kier alpha value is -1.12. The smallest absolute Gasteiger partial charge is 0.201 e. The summed E-state index contributed by atoms with van der Waals surface area (Å²) in [5, 5.41) is 0. The maximum atomic E-state index is 10.5. The van der Waals surface area contributed by atoms with E-state index in [2.05, 4.69) is 4.98 Å². The van der Waals surface area contributed by atoms with Gasteiger partial charge in [0, 0.05) is 0 Å². The Morgan fingerprint density at radius 2 is 2.50 bits per heavy atom. The molecule has 0 aliphatic carbocycles. The van der Waals surface area contributed by atoms with E-state index in [0.29, 0.717) is 12.3 Å². The predicted octanol–water partition coefficient (Wildman–Crippen LogP) is 1.11. The topological polar surface area (TPSA) is 43.1 Å². The maximum Gasteiger partial charge on any atom is 0.201 e. The summed E-state index contributed by atoms with van der Waals surface area (Å²) in [5.74, 6) is 1.32. The first-order valence-corrected chi connectivity index (χ1v) is 3.09. The van der Waals surface area contributed by atoms with Crippen molar-refractivity contribution in [1.29, 1.82) is 0 Å². The SMILES string of the molecule is CC(=O)Cc1ncc(C)o1. The van der Waals surface area contributed by atoms with Gasteiger partial charge in [0.2, 0.25) is 5.89 Å². The molecular weight excluding hydrogens is 130 g/mol. The van der Waals surface area contributed by atoms with E-state index in [0.717, 1.165) is 5.76 Å². The lowest BCUT2D eigenvalue weighted by Crippen LogP contribution is -1.95. The first-order chi connectivity index (χ1) is 4.68. The zero-order valence-corrected chi connectivity index (χ0v) is 6.05. The Labute approximate surface area is 59.1 Å².